The maximum absolute atomic E-state index is 2.58. The summed E-state index contributed by atoms with van der Waals surface area (Å²) in [5.74, 6) is 0. The summed E-state index contributed by atoms with van der Waals surface area (Å²) < 4.78 is 0. The lowest BCUT2D eigenvalue weighted by atomic mass is 9.70. The molecule has 0 fully saturated rings. The topological polar surface area (TPSA) is 3.24 Å². The highest BCUT2D eigenvalue weighted by Crippen LogP contribution is 2.64. The SMILES string of the molecule is c1ccc2c(c1)-c1ccccc1C21c2ccccc2-c2cc(-c3cccc4ccccc34)c(N(c3ccc(-c4ccc5ccc6ccccc6c5c4)cc3)c3ccc4c5ccccc5c5ccccc5c4c3)cc21. The van der Waals surface area contributed by atoms with Gasteiger partial charge in [-0.25, -0.2) is 0 Å². The molecule has 0 radical (unpaired) electrons. The van der Waals surface area contributed by atoms with Crippen LogP contribution in [0.5, 0.6) is 0 Å². The standard InChI is InChI=1S/C73H45N/c1-3-19-53-47(16-1)18-15-28-55(53)67-44-66-63-27-11-14-31-70(63)73(68-29-12-9-25-61(68)62-26-10-13-30-69(62)73)71(66)45-72(67)74(52-40-41-60-58-23-6-5-21-56(58)57-22-7-8-24-59(57)65(60)43-52)51-38-36-46(37-39-51)50-35-34-49-33-32-48-17-2-4-20-54(48)64(49)42-50/h1-45H. The molecule has 0 N–H and O–H groups in total. The van der Waals surface area contributed by atoms with Gasteiger partial charge in [-0.2, -0.15) is 0 Å². The van der Waals surface area contributed by atoms with E-state index >= 15 is 0 Å². The third-order valence-electron chi connectivity index (χ3n) is 16.6. The zero-order chi connectivity index (χ0) is 48.5. The van der Waals surface area contributed by atoms with E-state index in [9.17, 15) is 0 Å². The summed E-state index contributed by atoms with van der Waals surface area (Å²) in [4.78, 5) is 2.56. The van der Waals surface area contributed by atoms with E-state index in [0.29, 0.717) is 0 Å². The number of anilines is 3. The fourth-order valence-electron chi connectivity index (χ4n) is 13.4. The molecule has 0 aliphatic heterocycles. The van der Waals surface area contributed by atoms with Crippen LogP contribution < -0.4 is 4.90 Å². The third kappa shape index (κ3) is 5.75. The van der Waals surface area contributed by atoms with Crippen LogP contribution in [0.2, 0.25) is 0 Å². The van der Waals surface area contributed by atoms with Crippen molar-refractivity contribution in [1.29, 1.82) is 0 Å². The molecule has 14 aromatic carbocycles. The molecule has 0 atom stereocenters. The van der Waals surface area contributed by atoms with Crippen molar-refractivity contribution in [3.8, 4) is 44.5 Å². The summed E-state index contributed by atoms with van der Waals surface area (Å²) in [6, 6.07) is 103. The molecule has 16 rings (SSSR count). The van der Waals surface area contributed by atoms with E-state index in [1.54, 1.807) is 0 Å². The molecule has 0 aromatic heterocycles. The molecule has 2 aliphatic carbocycles. The molecule has 0 saturated heterocycles. The van der Waals surface area contributed by atoms with Gasteiger partial charge in [0.1, 0.15) is 0 Å². The summed E-state index contributed by atoms with van der Waals surface area (Å²) in [5.41, 5.74) is 18.0. The smallest absolute Gasteiger partial charge is 0.0726 e. The van der Waals surface area contributed by atoms with Gasteiger partial charge < -0.3 is 4.90 Å². The molecule has 0 unspecified atom stereocenters. The van der Waals surface area contributed by atoms with Gasteiger partial charge in [-0.05, 0) is 168 Å². The van der Waals surface area contributed by atoms with Gasteiger partial charge in [0, 0.05) is 16.9 Å². The molecule has 1 spiro atoms. The van der Waals surface area contributed by atoms with Crippen molar-refractivity contribution >= 4 is 81.7 Å². The second-order valence-electron chi connectivity index (χ2n) is 20.3. The van der Waals surface area contributed by atoms with Gasteiger partial charge in [-0.3, -0.25) is 0 Å². The normalized spacial score (nSPS) is 13.0. The molecular weight excluding hydrogens is 891 g/mol. The molecule has 1 heteroatoms. The average Bonchev–Trinajstić information content (AvgIpc) is 4.11. The highest BCUT2D eigenvalue weighted by Gasteiger charge is 2.52. The largest absolute Gasteiger partial charge is 0.310 e. The summed E-state index contributed by atoms with van der Waals surface area (Å²) in [5, 5.41) is 15.0. The average molecular weight is 936 g/mol. The number of benzene rings is 14. The monoisotopic (exact) mass is 935 g/mol. The van der Waals surface area contributed by atoms with Gasteiger partial charge in [-0.15, -0.1) is 0 Å². The Hall–Kier alpha value is -9.56. The first kappa shape index (κ1) is 41.1. The van der Waals surface area contributed by atoms with Gasteiger partial charge in [-0.1, -0.05) is 231 Å². The maximum atomic E-state index is 2.58. The first-order valence-electron chi connectivity index (χ1n) is 25.8. The Bertz CT molecular complexity index is 4590. The van der Waals surface area contributed by atoms with Crippen molar-refractivity contribution in [2.45, 2.75) is 5.41 Å². The minimum atomic E-state index is -0.528. The van der Waals surface area contributed by atoms with Crippen LogP contribution in [-0.4, -0.2) is 0 Å². The minimum absolute atomic E-state index is 0.528. The van der Waals surface area contributed by atoms with Crippen molar-refractivity contribution in [2.75, 3.05) is 4.90 Å². The molecule has 0 saturated carbocycles. The van der Waals surface area contributed by atoms with Crippen LogP contribution in [0, 0.1) is 0 Å². The van der Waals surface area contributed by atoms with Crippen molar-refractivity contribution in [1.82, 2.24) is 0 Å². The number of hydrogen-bond donors (Lipinski definition) is 0. The Balaban J connectivity index is 1.01. The van der Waals surface area contributed by atoms with Crippen LogP contribution in [0.25, 0.3) is 109 Å². The Morgan fingerprint density at radius 1 is 0.216 bits per heavy atom. The predicted molar refractivity (Wildman–Crippen MR) is 313 cm³/mol. The molecule has 0 amide bonds. The number of rotatable bonds is 5. The summed E-state index contributed by atoms with van der Waals surface area (Å²) >= 11 is 0. The van der Waals surface area contributed by atoms with Crippen LogP contribution in [0.1, 0.15) is 22.3 Å². The lowest BCUT2D eigenvalue weighted by molar-refractivity contribution is 0.794. The Labute approximate surface area is 429 Å². The lowest BCUT2D eigenvalue weighted by Gasteiger charge is -2.33. The van der Waals surface area contributed by atoms with Crippen LogP contribution >= 0.6 is 0 Å². The molecule has 2 aliphatic rings. The molecule has 0 heterocycles. The van der Waals surface area contributed by atoms with E-state index in [1.165, 1.54) is 131 Å². The molecule has 342 valence electrons. The van der Waals surface area contributed by atoms with E-state index < -0.39 is 5.41 Å². The van der Waals surface area contributed by atoms with E-state index in [-0.39, 0.29) is 0 Å². The maximum Gasteiger partial charge on any atom is 0.0726 e. The zero-order valence-electron chi connectivity index (χ0n) is 40.4. The van der Waals surface area contributed by atoms with Crippen molar-refractivity contribution in [3.05, 3.63) is 295 Å². The second-order valence-corrected chi connectivity index (χ2v) is 20.3. The van der Waals surface area contributed by atoms with E-state index in [2.05, 4.69) is 278 Å². The van der Waals surface area contributed by atoms with E-state index in [4.69, 9.17) is 0 Å². The van der Waals surface area contributed by atoms with Crippen LogP contribution in [0.4, 0.5) is 17.1 Å². The fraction of sp³-hybridized carbons (Fsp3) is 0.0137. The zero-order valence-corrected chi connectivity index (χ0v) is 40.4. The van der Waals surface area contributed by atoms with E-state index in [0.717, 1.165) is 17.1 Å². The first-order valence-corrected chi connectivity index (χ1v) is 25.8. The van der Waals surface area contributed by atoms with Crippen molar-refractivity contribution in [3.63, 3.8) is 0 Å². The third-order valence-corrected chi connectivity index (χ3v) is 16.6. The Morgan fingerprint density at radius 3 is 1.31 bits per heavy atom. The van der Waals surface area contributed by atoms with E-state index in [1.807, 2.05) is 0 Å². The first-order chi connectivity index (χ1) is 36.7. The molecule has 0 bridgehead atoms. The Morgan fingerprint density at radius 2 is 0.662 bits per heavy atom. The number of fused-ring (bicyclic) bond motifs is 20. The number of nitrogens with zero attached hydrogens (tertiary/aromatic N) is 1. The van der Waals surface area contributed by atoms with Crippen LogP contribution in [0.15, 0.2) is 273 Å². The quantitative estimate of drug-likeness (QED) is 0.155. The van der Waals surface area contributed by atoms with Gasteiger partial charge in [0.15, 0.2) is 0 Å². The molecule has 1 nitrogen and oxygen atoms in total. The highest BCUT2D eigenvalue weighted by atomic mass is 15.1. The molecule has 14 aromatic rings. The summed E-state index contributed by atoms with van der Waals surface area (Å²) in [6.45, 7) is 0. The van der Waals surface area contributed by atoms with Crippen LogP contribution in [0.3, 0.4) is 0 Å². The number of hydrogen-bond acceptors (Lipinski definition) is 1. The summed E-state index contributed by atoms with van der Waals surface area (Å²) in [6.07, 6.45) is 0. The second kappa shape index (κ2) is 15.7. The predicted octanol–water partition coefficient (Wildman–Crippen LogP) is 19.8. The van der Waals surface area contributed by atoms with Crippen molar-refractivity contribution < 1.29 is 0 Å². The van der Waals surface area contributed by atoms with Gasteiger partial charge >= 0.3 is 0 Å². The van der Waals surface area contributed by atoms with Crippen LogP contribution in [-0.2, 0) is 5.41 Å². The highest BCUT2D eigenvalue weighted by molar-refractivity contribution is 6.26. The van der Waals surface area contributed by atoms with Gasteiger partial charge in [0.2, 0.25) is 0 Å². The van der Waals surface area contributed by atoms with Crippen molar-refractivity contribution in [2.24, 2.45) is 0 Å². The molecule has 74 heavy (non-hydrogen) atoms. The fourth-order valence-corrected chi connectivity index (χ4v) is 13.4. The Kier molecular flexibility index (Phi) is 8.73. The van der Waals surface area contributed by atoms with Gasteiger partial charge in [0.25, 0.3) is 0 Å². The van der Waals surface area contributed by atoms with Gasteiger partial charge in [0.05, 0.1) is 11.1 Å². The lowest BCUT2D eigenvalue weighted by Crippen LogP contribution is -2.26. The molecular formula is C73H45N. The summed E-state index contributed by atoms with van der Waals surface area (Å²) in [7, 11) is 0. The minimum Gasteiger partial charge on any atom is -0.310 e.